The van der Waals surface area contributed by atoms with E-state index in [1.165, 1.54) is 4.90 Å². The van der Waals surface area contributed by atoms with Gasteiger partial charge in [0, 0.05) is 34.3 Å². The summed E-state index contributed by atoms with van der Waals surface area (Å²) in [6.07, 6.45) is 0.0646. The quantitative estimate of drug-likeness (QED) is 0.789. The first kappa shape index (κ1) is 18.2. The minimum Gasteiger partial charge on any atom is -0.312 e. The molecule has 0 aromatic heterocycles. The van der Waals surface area contributed by atoms with Gasteiger partial charge in [-0.15, -0.1) is 0 Å². The molecule has 0 radical (unpaired) electrons. The molecule has 1 aliphatic rings. The molecular formula is C18H15Cl2N3O3. The van der Waals surface area contributed by atoms with E-state index in [0.29, 0.717) is 21.3 Å². The highest BCUT2D eigenvalue weighted by atomic mass is 35.5. The summed E-state index contributed by atoms with van der Waals surface area (Å²) in [5.41, 5.74) is 5.71. The summed E-state index contributed by atoms with van der Waals surface area (Å²) in [5, 5.41) is 1.02. The molecule has 6 nitrogen and oxygen atoms in total. The van der Waals surface area contributed by atoms with Crippen LogP contribution in [0.4, 0.5) is 5.69 Å². The predicted molar refractivity (Wildman–Crippen MR) is 99.0 cm³/mol. The molecule has 2 aromatic rings. The van der Waals surface area contributed by atoms with Crippen LogP contribution in [0.25, 0.3) is 0 Å². The lowest BCUT2D eigenvalue weighted by Crippen LogP contribution is -2.45. The molecule has 1 atom stereocenters. The van der Waals surface area contributed by atoms with E-state index in [2.05, 4.69) is 10.9 Å². The zero-order valence-electron chi connectivity index (χ0n) is 13.5. The van der Waals surface area contributed by atoms with E-state index in [1.807, 2.05) is 0 Å². The van der Waals surface area contributed by atoms with Crippen LogP contribution in [0.2, 0.25) is 10.0 Å². The van der Waals surface area contributed by atoms with E-state index in [0.717, 1.165) is 0 Å². The number of nitrogens with zero attached hydrogens (tertiary/aromatic N) is 1. The van der Waals surface area contributed by atoms with Gasteiger partial charge in [-0.25, -0.2) is 0 Å². The molecule has 3 amide bonds. The van der Waals surface area contributed by atoms with Crippen LogP contribution in [0.15, 0.2) is 48.5 Å². The number of hydrogen-bond acceptors (Lipinski definition) is 3. The van der Waals surface area contributed by atoms with Crippen molar-refractivity contribution < 1.29 is 14.4 Å². The number of halogens is 2. The molecule has 0 spiro atoms. The van der Waals surface area contributed by atoms with Crippen LogP contribution >= 0.6 is 23.2 Å². The first-order chi connectivity index (χ1) is 12.4. The minimum absolute atomic E-state index is 0.0646. The van der Waals surface area contributed by atoms with Gasteiger partial charge in [-0.2, -0.15) is 0 Å². The third-order valence-corrected chi connectivity index (χ3v) is 4.51. The van der Waals surface area contributed by atoms with Gasteiger partial charge in [-0.3, -0.25) is 25.2 Å². The van der Waals surface area contributed by atoms with Gasteiger partial charge in [0.15, 0.2) is 0 Å². The minimum atomic E-state index is -0.563. The van der Waals surface area contributed by atoms with Crippen molar-refractivity contribution in [2.24, 2.45) is 5.92 Å². The Morgan fingerprint density at radius 3 is 2.42 bits per heavy atom. The fourth-order valence-corrected chi connectivity index (χ4v) is 2.98. The lowest BCUT2D eigenvalue weighted by Gasteiger charge is -2.17. The zero-order chi connectivity index (χ0) is 18.7. The summed E-state index contributed by atoms with van der Waals surface area (Å²) in [6, 6.07) is 13.1. The van der Waals surface area contributed by atoms with Crippen LogP contribution in [0, 0.1) is 5.92 Å². The van der Waals surface area contributed by atoms with Gasteiger partial charge in [-0.1, -0.05) is 29.3 Å². The van der Waals surface area contributed by atoms with Gasteiger partial charge in [0.05, 0.1) is 5.92 Å². The fourth-order valence-electron chi connectivity index (χ4n) is 2.67. The van der Waals surface area contributed by atoms with Crippen LogP contribution in [-0.4, -0.2) is 24.3 Å². The second-order valence-electron chi connectivity index (χ2n) is 5.84. The molecule has 0 saturated carbocycles. The third kappa shape index (κ3) is 4.15. The van der Waals surface area contributed by atoms with E-state index < -0.39 is 17.7 Å². The Hall–Kier alpha value is -2.57. The zero-order valence-corrected chi connectivity index (χ0v) is 15.1. The Bertz CT molecular complexity index is 855. The number of rotatable bonds is 3. The van der Waals surface area contributed by atoms with Crippen LogP contribution in [-0.2, 0) is 9.59 Å². The van der Waals surface area contributed by atoms with Gasteiger partial charge < -0.3 is 4.90 Å². The number of benzene rings is 2. The van der Waals surface area contributed by atoms with Crippen molar-refractivity contribution in [3.05, 3.63) is 64.1 Å². The topological polar surface area (TPSA) is 78.5 Å². The van der Waals surface area contributed by atoms with Crippen LogP contribution < -0.4 is 15.8 Å². The van der Waals surface area contributed by atoms with Gasteiger partial charge in [0.25, 0.3) is 5.91 Å². The van der Waals surface area contributed by atoms with Gasteiger partial charge in [0.2, 0.25) is 11.8 Å². The maximum atomic E-state index is 12.3. The Morgan fingerprint density at radius 1 is 1.00 bits per heavy atom. The molecule has 2 aromatic carbocycles. The average Bonchev–Trinajstić information content (AvgIpc) is 3.02. The molecule has 1 aliphatic heterocycles. The molecule has 1 fully saturated rings. The van der Waals surface area contributed by atoms with Gasteiger partial charge in [-0.05, 0) is 42.5 Å². The molecule has 0 aliphatic carbocycles. The number of hydrazine groups is 1. The van der Waals surface area contributed by atoms with Crippen molar-refractivity contribution in [2.75, 3.05) is 11.4 Å². The number of carbonyl (C=O) groups excluding carboxylic acids is 3. The van der Waals surface area contributed by atoms with E-state index in [9.17, 15) is 14.4 Å². The number of nitrogens with one attached hydrogen (secondary N) is 2. The maximum Gasteiger partial charge on any atom is 0.269 e. The predicted octanol–water partition coefficient (Wildman–Crippen LogP) is 2.81. The molecule has 3 rings (SSSR count). The molecule has 2 N–H and O–H groups in total. The van der Waals surface area contributed by atoms with Crippen LogP contribution in [0.3, 0.4) is 0 Å². The second kappa shape index (κ2) is 7.76. The van der Waals surface area contributed by atoms with Crippen molar-refractivity contribution in [1.82, 2.24) is 10.9 Å². The first-order valence-electron chi connectivity index (χ1n) is 7.86. The number of anilines is 1. The Labute approximate surface area is 160 Å². The van der Waals surface area contributed by atoms with Crippen molar-refractivity contribution in [1.29, 1.82) is 0 Å². The van der Waals surface area contributed by atoms with E-state index >= 15 is 0 Å². The van der Waals surface area contributed by atoms with Crippen molar-refractivity contribution in [3.63, 3.8) is 0 Å². The monoisotopic (exact) mass is 391 g/mol. The summed E-state index contributed by atoms with van der Waals surface area (Å²) in [6.45, 7) is 0.224. The Balaban J connectivity index is 1.58. The second-order valence-corrected chi connectivity index (χ2v) is 6.71. The summed E-state index contributed by atoms with van der Waals surface area (Å²) in [4.78, 5) is 38.0. The Morgan fingerprint density at radius 2 is 1.73 bits per heavy atom. The number of amides is 3. The third-order valence-electron chi connectivity index (χ3n) is 4.02. The lowest BCUT2D eigenvalue weighted by atomic mass is 10.1. The SMILES string of the molecule is O=C(NNC(=O)[C@H]1CC(=O)N(c2cccc(Cl)c2)C1)c1ccc(Cl)cc1. The highest BCUT2D eigenvalue weighted by Crippen LogP contribution is 2.27. The standard InChI is InChI=1S/C18H15Cl2N3O3/c19-13-6-4-11(5-7-13)17(25)21-22-18(26)12-8-16(24)23(10-12)15-3-1-2-14(20)9-15/h1-7,9,12H,8,10H2,(H,21,25)(H,22,26)/t12-/m0/s1. The molecule has 0 unspecified atom stereocenters. The largest absolute Gasteiger partial charge is 0.312 e. The molecule has 8 heteroatoms. The first-order valence-corrected chi connectivity index (χ1v) is 8.61. The fraction of sp³-hybridized carbons (Fsp3) is 0.167. The molecule has 26 heavy (non-hydrogen) atoms. The average molecular weight is 392 g/mol. The van der Waals surface area contributed by atoms with Crippen LogP contribution in [0.5, 0.6) is 0 Å². The highest BCUT2D eigenvalue weighted by molar-refractivity contribution is 6.31. The van der Waals surface area contributed by atoms with Crippen molar-refractivity contribution in [2.45, 2.75) is 6.42 Å². The van der Waals surface area contributed by atoms with Gasteiger partial charge >= 0.3 is 0 Å². The molecule has 134 valence electrons. The smallest absolute Gasteiger partial charge is 0.269 e. The summed E-state index contributed by atoms with van der Waals surface area (Å²) in [5.74, 6) is -1.63. The summed E-state index contributed by atoms with van der Waals surface area (Å²) >= 11 is 11.7. The number of carbonyl (C=O) groups is 3. The summed E-state index contributed by atoms with van der Waals surface area (Å²) < 4.78 is 0. The molecule has 1 heterocycles. The lowest BCUT2D eigenvalue weighted by molar-refractivity contribution is -0.126. The van der Waals surface area contributed by atoms with E-state index in [4.69, 9.17) is 23.2 Å². The van der Waals surface area contributed by atoms with Crippen LogP contribution in [0.1, 0.15) is 16.8 Å². The summed E-state index contributed by atoms with van der Waals surface area (Å²) in [7, 11) is 0. The van der Waals surface area contributed by atoms with E-state index in [1.54, 1.807) is 48.5 Å². The van der Waals surface area contributed by atoms with Crippen molar-refractivity contribution in [3.8, 4) is 0 Å². The molecule has 0 bridgehead atoms. The van der Waals surface area contributed by atoms with E-state index in [-0.39, 0.29) is 18.9 Å². The van der Waals surface area contributed by atoms with Crippen molar-refractivity contribution >= 4 is 46.6 Å². The normalized spacial score (nSPS) is 16.5. The highest BCUT2D eigenvalue weighted by Gasteiger charge is 2.35. The number of hydrogen-bond donors (Lipinski definition) is 2. The Kier molecular flexibility index (Phi) is 5.44. The molecular weight excluding hydrogens is 377 g/mol. The van der Waals surface area contributed by atoms with Gasteiger partial charge in [0.1, 0.15) is 0 Å². The molecule has 1 saturated heterocycles. The maximum absolute atomic E-state index is 12.3.